The number of hydrogen-bond donors (Lipinski definition) is 2. The fourth-order valence-corrected chi connectivity index (χ4v) is 5.22. The van der Waals surface area contributed by atoms with Crippen LogP contribution in [0.1, 0.15) is 79.7 Å². The number of benzene rings is 2. The van der Waals surface area contributed by atoms with Gasteiger partial charge in [-0.1, -0.05) is 41.4 Å². The lowest BCUT2D eigenvalue weighted by molar-refractivity contribution is 0.0214. The summed E-state index contributed by atoms with van der Waals surface area (Å²) in [6.07, 6.45) is 0.535. The van der Waals surface area contributed by atoms with E-state index in [4.69, 9.17) is 37.8 Å². The Bertz CT molecular complexity index is 1320. The van der Waals surface area contributed by atoms with Gasteiger partial charge < -0.3 is 29.5 Å². The molecule has 2 aliphatic rings. The van der Waals surface area contributed by atoms with Gasteiger partial charge in [-0.15, -0.1) is 0 Å². The van der Waals surface area contributed by atoms with Crippen LogP contribution in [-0.4, -0.2) is 62.5 Å². The summed E-state index contributed by atoms with van der Waals surface area (Å²) in [5.41, 5.74) is 3.51. The Hall–Kier alpha value is -3.01. The lowest BCUT2D eigenvalue weighted by Gasteiger charge is -2.31. The molecule has 2 aromatic carbocycles. The molecule has 4 rings (SSSR count). The van der Waals surface area contributed by atoms with Crippen molar-refractivity contribution in [3.05, 3.63) is 67.7 Å². The van der Waals surface area contributed by atoms with Crippen molar-refractivity contribution in [2.75, 3.05) is 13.1 Å². The van der Waals surface area contributed by atoms with Crippen molar-refractivity contribution >= 4 is 41.4 Å². The summed E-state index contributed by atoms with van der Waals surface area (Å²) >= 11 is 12.4. The molecule has 2 aromatic rings. The number of hydrogen-bond acceptors (Lipinski definition) is 6. The first-order valence-corrected chi connectivity index (χ1v) is 14.2. The number of fused-ring (bicyclic) bond motifs is 2. The van der Waals surface area contributed by atoms with Crippen molar-refractivity contribution in [3.63, 3.8) is 0 Å². The number of amides is 2. The third-order valence-corrected chi connectivity index (χ3v) is 7.35. The topological polar surface area (TPSA) is 117 Å². The highest BCUT2D eigenvalue weighted by atomic mass is 35.5. The van der Waals surface area contributed by atoms with E-state index in [0.717, 1.165) is 27.8 Å². The molecule has 41 heavy (non-hydrogen) atoms. The summed E-state index contributed by atoms with van der Waals surface area (Å²) in [5.74, 6) is -1.04. The van der Waals surface area contributed by atoms with Crippen molar-refractivity contribution in [3.8, 4) is 0 Å². The van der Waals surface area contributed by atoms with Crippen LogP contribution >= 0.6 is 23.2 Å². The molecule has 0 bridgehead atoms. The molecule has 2 aliphatic heterocycles. The highest BCUT2D eigenvalue weighted by Crippen LogP contribution is 2.31. The van der Waals surface area contributed by atoms with E-state index < -0.39 is 17.2 Å². The first kappa shape index (κ1) is 32.5. The van der Waals surface area contributed by atoms with Crippen LogP contribution in [0.3, 0.4) is 0 Å². The van der Waals surface area contributed by atoms with Gasteiger partial charge in [-0.25, -0.2) is 14.4 Å². The molecule has 2 amide bonds. The van der Waals surface area contributed by atoms with Crippen LogP contribution in [0.25, 0.3) is 0 Å². The van der Waals surface area contributed by atoms with Crippen molar-refractivity contribution in [2.24, 2.45) is 0 Å². The average Bonchev–Trinajstić information content (AvgIpc) is 2.87. The first-order valence-electron chi connectivity index (χ1n) is 13.4. The predicted molar refractivity (Wildman–Crippen MR) is 156 cm³/mol. The number of aliphatic hydroxyl groups excluding tert-OH is 1. The molecule has 9 nitrogen and oxygen atoms in total. The van der Waals surface area contributed by atoms with Gasteiger partial charge in [0.25, 0.3) is 0 Å². The van der Waals surface area contributed by atoms with E-state index in [-0.39, 0.29) is 29.4 Å². The molecule has 0 unspecified atom stereocenters. The average molecular weight is 610 g/mol. The summed E-state index contributed by atoms with van der Waals surface area (Å²) in [6.45, 7) is 12.9. The van der Waals surface area contributed by atoms with Gasteiger partial charge in [0.15, 0.2) is 0 Å². The lowest BCUT2D eigenvalue weighted by Crippen LogP contribution is -2.40. The smallest absolute Gasteiger partial charge is 0.410 e. The second kappa shape index (κ2) is 12.9. The molecular formula is C30H38Cl2N2O7. The summed E-state index contributed by atoms with van der Waals surface area (Å²) in [7, 11) is 0. The molecule has 224 valence electrons. The van der Waals surface area contributed by atoms with Crippen LogP contribution < -0.4 is 0 Å². The standard InChI is InChI=1S/C15H18ClNO4.C15H20ClNO3/c1-15(2,3)21-14(20)17-7-6-10-9(8-17)4-5-11(12(10)16)13(18)19;1-15(2,3)20-14(19)17-7-6-12-10(8-17)4-5-11(9-18)13(12)16/h4-5H,6-8H2,1-3H3,(H,18,19);4-5,18H,6-9H2,1-3H3. The Labute approximate surface area is 250 Å². The number of nitrogens with zero attached hydrogens (tertiary/aromatic N) is 2. The molecular weight excluding hydrogens is 571 g/mol. The van der Waals surface area contributed by atoms with Crippen LogP contribution in [-0.2, 0) is 42.0 Å². The number of carbonyl (C=O) groups excluding carboxylic acids is 2. The molecule has 0 radical (unpaired) electrons. The van der Waals surface area contributed by atoms with Gasteiger partial charge in [0.05, 0.1) is 17.2 Å². The highest BCUT2D eigenvalue weighted by Gasteiger charge is 2.29. The van der Waals surface area contributed by atoms with Gasteiger partial charge >= 0.3 is 18.2 Å². The van der Waals surface area contributed by atoms with Crippen LogP contribution in [0.15, 0.2) is 24.3 Å². The summed E-state index contributed by atoms with van der Waals surface area (Å²) in [6, 6.07) is 6.91. The third kappa shape index (κ3) is 8.50. The maximum atomic E-state index is 12.1. The zero-order valence-corrected chi connectivity index (χ0v) is 25.9. The van der Waals surface area contributed by atoms with Gasteiger partial charge in [0, 0.05) is 31.2 Å². The maximum Gasteiger partial charge on any atom is 0.410 e. The number of carbonyl (C=O) groups is 3. The summed E-state index contributed by atoms with van der Waals surface area (Å²) in [5, 5.41) is 19.2. The molecule has 0 spiro atoms. The Morgan fingerprint density at radius 2 is 1.22 bits per heavy atom. The number of rotatable bonds is 2. The number of aliphatic hydroxyl groups is 1. The van der Waals surface area contributed by atoms with Crippen molar-refractivity contribution in [1.82, 2.24) is 9.80 Å². The quantitative estimate of drug-likeness (QED) is 0.402. The molecule has 11 heteroatoms. The maximum absolute atomic E-state index is 12.1. The predicted octanol–water partition coefficient (Wildman–Crippen LogP) is 6.46. The molecule has 0 saturated heterocycles. The molecule has 0 atom stereocenters. The fraction of sp³-hybridized carbons (Fsp3) is 0.500. The van der Waals surface area contributed by atoms with Gasteiger partial charge in [-0.05, 0) is 88.3 Å². The molecule has 0 saturated carbocycles. The van der Waals surface area contributed by atoms with Gasteiger partial charge in [0.2, 0.25) is 0 Å². The fourth-order valence-electron chi connectivity index (χ4n) is 4.52. The third-order valence-electron chi connectivity index (χ3n) is 6.45. The van der Waals surface area contributed by atoms with Crippen LogP contribution in [0.5, 0.6) is 0 Å². The van der Waals surface area contributed by atoms with Crippen molar-refractivity contribution in [1.29, 1.82) is 0 Å². The number of ether oxygens (including phenoxy) is 2. The zero-order chi connectivity index (χ0) is 30.7. The van der Waals surface area contributed by atoms with Crippen molar-refractivity contribution < 1.29 is 34.1 Å². The van der Waals surface area contributed by atoms with E-state index in [9.17, 15) is 19.5 Å². The van der Waals surface area contributed by atoms with Crippen LogP contribution in [0, 0.1) is 0 Å². The number of halogens is 2. The SMILES string of the molecule is CC(C)(C)OC(=O)N1CCc2c(ccc(C(=O)O)c2Cl)C1.CC(C)(C)OC(=O)N1CCc2c(ccc(CO)c2Cl)C1. The van der Waals surface area contributed by atoms with Crippen molar-refractivity contribution in [2.45, 2.75) is 85.3 Å². The normalized spacial score (nSPS) is 14.8. The van der Waals surface area contributed by atoms with Crippen LogP contribution in [0.4, 0.5) is 9.59 Å². The monoisotopic (exact) mass is 608 g/mol. The molecule has 2 heterocycles. The molecule has 2 N–H and O–H groups in total. The minimum Gasteiger partial charge on any atom is -0.478 e. The number of carboxylic acid groups (broad SMARTS) is 1. The van der Waals surface area contributed by atoms with E-state index in [1.165, 1.54) is 6.07 Å². The second-order valence-electron chi connectivity index (χ2n) is 12.0. The molecule has 0 fully saturated rings. The van der Waals surface area contributed by atoms with E-state index in [1.807, 2.05) is 47.6 Å². The van der Waals surface area contributed by atoms with Gasteiger partial charge in [-0.2, -0.15) is 0 Å². The Balaban J connectivity index is 0.000000226. The van der Waals surface area contributed by atoms with E-state index in [1.54, 1.807) is 21.9 Å². The van der Waals surface area contributed by atoms with Gasteiger partial charge in [0.1, 0.15) is 11.2 Å². The first-order chi connectivity index (χ1) is 19.0. The largest absolute Gasteiger partial charge is 0.478 e. The Kier molecular flexibility index (Phi) is 10.2. The summed E-state index contributed by atoms with van der Waals surface area (Å²) in [4.78, 5) is 38.5. The minimum atomic E-state index is -1.04. The number of carboxylic acids is 1. The Morgan fingerprint density at radius 1 is 0.780 bits per heavy atom. The van der Waals surface area contributed by atoms with Crippen LogP contribution in [0.2, 0.25) is 10.0 Å². The van der Waals surface area contributed by atoms with E-state index in [0.29, 0.717) is 44.0 Å². The highest BCUT2D eigenvalue weighted by molar-refractivity contribution is 6.34. The summed E-state index contributed by atoms with van der Waals surface area (Å²) < 4.78 is 10.7. The minimum absolute atomic E-state index is 0.0676. The number of aromatic carboxylic acids is 1. The van der Waals surface area contributed by atoms with E-state index >= 15 is 0 Å². The van der Waals surface area contributed by atoms with E-state index in [2.05, 4.69) is 0 Å². The molecule has 0 aliphatic carbocycles. The lowest BCUT2D eigenvalue weighted by atomic mass is 9.97. The second-order valence-corrected chi connectivity index (χ2v) is 12.8. The zero-order valence-electron chi connectivity index (χ0n) is 24.3. The molecule has 0 aromatic heterocycles. The van der Waals surface area contributed by atoms with Gasteiger partial charge in [-0.3, -0.25) is 0 Å². The Morgan fingerprint density at radius 3 is 1.63 bits per heavy atom.